The lowest BCUT2D eigenvalue weighted by Gasteiger charge is -2.39. The lowest BCUT2D eigenvalue weighted by Crippen LogP contribution is -2.33. The van der Waals surface area contributed by atoms with E-state index in [9.17, 15) is 0 Å². The van der Waals surface area contributed by atoms with Crippen LogP contribution in [0.4, 0.5) is 0 Å². The van der Waals surface area contributed by atoms with Crippen molar-refractivity contribution in [2.45, 2.75) is 46.1 Å². The molecular formula is C10H20ClN. The summed E-state index contributed by atoms with van der Waals surface area (Å²) < 4.78 is 0. The summed E-state index contributed by atoms with van der Waals surface area (Å²) in [5.74, 6) is 0. The molecule has 12 heavy (non-hydrogen) atoms. The Labute approximate surface area is 81.7 Å². The molecule has 0 aromatic carbocycles. The third-order valence-corrected chi connectivity index (χ3v) is 3.26. The number of hydrogen-bond acceptors (Lipinski definition) is 1. The van der Waals surface area contributed by atoms with Crippen LogP contribution in [-0.2, 0) is 0 Å². The van der Waals surface area contributed by atoms with Gasteiger partial charge in [-0.05, 0) is 30.1 Å². The van der Waals surface area contributed by atoms with Crippen molar-refractivity contribution < 1.29 is 0 Å². The van der Waals surface area contributed by atoms with Gasteiger partial charge in [-0.15, -0.1) is 12.4 Å². The number of halogens is 1. The van der Waals surface area contributed by atoms with E-state index in [2.05, 4.69) is 26.1 Å². The second-order valence-electron chi connectivity index (χ2n) is 5.64. The van der Waals surface area contributed by atoms with Crippen molar-refractivity contribution in [2.75, 3.05) is 6.54 Å². The van der Waals surface area contributed by atoms with Crippen molar-refractivity contribution in [3.8, 4) is 0 Å². The van der Waals surface area contributed by atoms with E-state index in [0.717, 1.165) is 6.04 Å². The van der Waals surface area contributed by atoms with Crippen LogP contribution in [0.5, 0.6) is 0 Å². The number of rotatable bonds is 0. The molecule has 2 heteroatoms. The van der Waals surface area contributed by atoms with Crippen LogP contribution in [-0.4, -0.2) is 12.6 Å². The average Bonchev–Trinajstić information content (AvgIpc) is 2.03. The Kier molecular flexibility index (Phi) is 2.48. The molecule has 1 saturated heterocycles. The van der Waals surface area contributed by atoms with Gasteiger partial charge in [-0.25, -0.2) is 0 Å². The summed E-state index contributed by atoms with van der Waals surface area (Å²) in [4.78, 5) is 0. The van der Waals surface area contributed by atoms with E-state index >= 15 is 0 Å². The zero-order valence-corrected chi connectivity index (χ0v) is 9.13. The summed E-state index contributed by atoms with van der Waals surface area (Å²) in [5, 5.41) is 3.61. The molecule has 2 fully saturated rings. The molecule has 0 aromatic heterocycles. The van der Waals surface area contributed by atoms with E-state index < -0.39 is 0 Å². The Morgan fingerprint density at radius 3 is 2.42 bits per heavy atom. The van der Waals surface area contributed by atoms with Gasteiger partial charge in [-0.3, -0.25) is 0 Å². The highest BCUT2D eigenvalue weighted by Gasteiger charge is 2.45. The van der Waals surface area contributed by atoms with Gasteiger partial charge in [0.15, 0.2) is 0 Å². The van der Waals surface area contributed by atoms with E-state index in [1.54, 1.807) is 0 Å². The highest BCUT2D eigenvalue weighted by Crippen LogP contribution is 2.48. The molecule has 0 spiro atoms. The molecule has 1 N–H and O–H groups in total. The maximum atomic E-state index is 3.61. The standard InChI is InChI=1S/C10H19N.ClH/c1-9(2)4-8-5-10(3,6-9)7-11-8;/h8,11H,4-7H2,1-3H3;1H/t8-,10-;/m1./s1. The largest absolute Gasteiger partial charge is 0.313 e. The summed E-state index contributed by atoms with van der Waals surface area (Å²) in [6.45, 7) is 8.50. The maximum Gasteiger partial charge on any atom is 0.00780 e. The zero-order chi connectivity index (χ0) is 8.11. The first-order valence-electron chi connectivity index (χ1n) is 4.73. The topological polar surface area (TPSA) is 12.0 Å². The monoisotopic (exact) mass is 189 g/mol. The molecular weight excluding hydrogens is 170 g/mol. The first-order chi connectivity index (χ1) is 4.99. The molecule has 2 aliphatic rings. The molecule has 0 aromatic rings. The van der Waals surface area contributed by atoms with Gasteiger partial charge in [-0.2, -0.15) is 0 Å². The number of fused-ring (bicyclic) bond motifs is 2. The first kappa shape index (κ1) is 10.3. The van der Waals surface area contributed by atoms with Crippen molar-refractivity contribution in [1.29, 1.82) is 0 Å². The summed E-state index contributed by atoms with van der Waals surface area (Å²) in [7, 11) is 0. The van der Waals surface area contributed by atoms with Gasteiger partial charge in [0, 0.05) is 12.6 Å². The molecule has 1 aliphatic carbocycles. The molecule has 2 bridgehead atoms. The van der Waals surface area contributed by atoms with E-state index in [1.165, 1.54) is 25.8 Å². The van der Waals surface area contributed by atoms with E-state index in [1.807, 2.05) is 0 Å². The number of nitrogens with one attached hydrogen (secondary N) is 1. The SMILES string of the molecule is CC1(C)C[C@@H]2C[C@@](C)(CN2)C1.Cl. The fourth-order valence-corrected chi connectivity index (χ4v) is 3.30. The van der Waals surface area contributed by atoms with E-state index in [4.69, 9.17) is 0 Å². The summed E-state index contributed by atoms with van der Waals surface area (Å²) in [5.41, 5.74) is 1.20. The fourth-order valence-electron chi connectivity index (χ4n) is 3.30. The van der Waals surface area contributed by atoms with Gasteiger partial charge >= 0.3 is 0 Å². The Balaban J connectivity index is 0.000000720. The van der Waals surface area contributed by atoms with Crippen LogP contribution in [0, 0.1) is 10.8 Å². The Morgan fingerprint density at radius 2 is 1.83 bits per heavy atom. The van der Waals surface area contributed by atoms with Gasteiger partial charge in [0.1, 0.15) is 0 Å². The lowest BCUT2D eigenvalue weighted by atomic mass is 9.65. The molecule has 1 saturated carbocycles. The van der Waals surface area contributed by atoms with Crippen LogP contribution in [0.3, 0.4) is 0 Å². The molecule has 1 nitrogen and oxygen atoms in total. The van der Waals surface area contributed by atoms with Crippen LogP contribution in [0.25, 0.3) is 0 Å². The molecule has 1 heterocycles. The van der Waals surface area contributed by atoms with Crippen molar-refractivity contribution in [2.24, 2.45) is 10.8 Å². The fraction of sp³-hybridized carbons (Fsp3) is 1.00. The second-order valence-corrected chi connectivity index (χ2v) is 5.64. The van der Waals surface area contributed by atoms with Gasteiger partial charge in [0.25, 0.3) is 0 Å². The average molecular weight is 190 g/mol. The number of hydrogen-bond donors (Lipinski definition) is 1. The van der Waals surface area contributed by atoms with E-state index in [0.29, 0.717) is 10.8 Å². The highest BCUT2D eigenvalue weighted by atomic mass is 35.5. The molecule has 2 atom stereocenters. The molecule has 0 amide bonds. The third-order valence-electron chi connectivity index (χ3n) is 3.26. The molecule has 72 valence electrons. The molecule has 1 aliphatic heterocycles. The van der Waals surface area contributed by atoms with Crippen LogP contribution in [0.2, 0.25) is 0 Å². The van der Waals surface area contributed by atoms with Crippen molar-refractivity contribution in [3.63, 3.8) is 0 Å². The van der Waals surface area contributed by atoms with Gasteiger partial charge in [0.2, 0.25) is 0 Å². The smallest absolute Gasteiger partial charge is 0.00780 e. The molecule has 0 radical (unpaired) electrons. The highest BCUT2D eigenvalue weighted by molar-refractivity contribution is 5.85. The Morgan fingerprint density at radius 1 is 1.17 bits per heavy atom. The quantitative estimate of drug-likeness (QED) is 0.618. The summed E-state index contributed by atoms with van der Waals surface area (Å²) in [6.07, 6.45) is 4.20. The predicted octanol–water partition coefficient (Wildman–Crippen LogP) is 2.60. The van der Waals surface area contributed by atoms with Crippen molar-refractivity contribution in [1.82, 2.24) is 5.32 Å². The van der Waals surface area contributed by atoms with Crippen LogP contribution in [0.1, 0.15) is 40.0 Å². The van der Waals surface area contributed by atoms with Gasteiger partial charge < -0.3 is 5.32 Å². The van der Waals surface area contributed by atoms with Crippen LogP contribution in [0.15, 0.2) is 0 Å². The second kappa shape index (κ2) is 2.88. The Bertz CT molecular complexity index is 179. The molecule has 0 unspecified atom stereocenters. The summed E-state index contributed by atoms with van der Waals surface area (Å²) >= 11 is 0. The lowest BCUT2D eigenvalue weighted by molar-refractivity contribution is 0.135. The van der Waals surface area contributed by atoms with Gasteiger partial charge in [-0.1, -0.05) is 20.8 Å². The predicted molar refractivity (Wildman–Crippen MR) is 54.8 cm³/mol. The van der Waals surface area contributed by atoms with Crippen LogP contribution < -0.4 is 5.32 Å². The zero-order valence-electron chi connectivity index (χ0n) is 8.31. The normalized spacial score (nSPS) is 43.8. The third kappa shape index (κ3) is 1.77. The van der Waals surface area contributed by atoms with Crippen molar-refractivity contribution >= 4 is 12.4 Å². The summed E-state index contributed by atoms with van der Waals surface area (Å²) in [6, 6.07) is 0.823. The maximum absolute atomic E-state index is 3.61. The Hall–Kier alpha value is 0.250. The van der Waals surface area contributed by atoms with E-state index in [-0.39, 0.29) is 12.4 Å². The van der Waals surface area contributed by atoms with Crippen molar-refractivity contribution in [3.05, 3.63) is 0 Å². The van der Waals surface area contributed by atoms with Crippen LogP contribution >= 0.6 is 12.4 Å². The van der Waals surface area contributed by atoms with Gasteiger partial charge in [0.05, 0.1) is 0 Å². The minimum absolute atomic E-state index is 0. The minimum Gasteiger partial charge on any atom is -0.313 e. The first-order valence-corrected chi connectivity index (χ1v) is 4.73. The molecule has 2 rings (SSSR count). The minimum atomic E-state index is 0.